The first-order chi connectivity index (χ1) is 11.8. The monoisotopic (exact) mass is 330 g/mol. The lowest BCUT2D eigenvalue weighted by atomic mass is 10.1. The van der Waals surface area contributed by atoms with Gasteiger partial charge in [0.2, 0.25) is 0 Å². The average Bonchev–Trinajstić information content (AvgIpc) is 2.63. The molecule has 0 aromatic heterocycles. The maximum Gasteiger partial charge on any atom is 0.0861 e. The van der Waals surface area contributed by atoms with Crippen molar-refractivity contribution in [3.8, 4) is 0 Å². The van der Waals surface area contributed by atoms with Crippen molar-refractivity contribution in [1.82, 2.24) is 0 Å². The molecular formula is C20H26O4. The molecule has 0 saturated carbocycles. The van der Waals surface area contributed by atoms with Gasteiger partial charge in [0, 0.05) is 13.2 Å². The van der Waals surface area contributed by atoms with Crippen LogP contribution in [0.15, 0.2) is 60.7 Å². The highest BCUT2D eigenvalue weighted by atomic mass is 16.5. The van der Waals surface area contributed by atoms with Crippen LogP contribution in [0.25, 0.3) is 0 Å². The van der Waals surface area contributed by atoms with Crippen molar-refractivity contribution < 1.29 is 19.7 Å². The molecular weight excluding hydrogens is 304 g/mol. The van der Waals surface area contributed by atoms with Crippen LogP contribution in [0.4, 0.5) is 0 Å². The van der Waals surface area contributed by atoms with Gasteiger partial charge in [-0.1, -0.05) is 60.7 Å². The molecule has 0 amide bonds. The van der Waals surface area contributed by atoms with E-state index in [1.165, 1.54) is 0 Å². The second-order valence-corrected chi connectivity index (χ2v) is 5.74. The van der Waals surface area contributed by atoms with Crippen molar-refractivity contribution in [2.45, 2.75) is 38.3 Å². The minimum absolute atomic E-state index is 0.0583. The zero-order valence-corrected chi connectivity index (χ0v) is 13.9. The number of rotatable bonds is 11. The Balaban J connectivity index is 1.77. The quantitative estimate of drug-likeness (QED) is 0.622. The summed E-state index contributed by atoms with van der Waals surface area (Å²) in [5.41, 5.74) is 2.18. The molecule has 2 aromatic rings. The predicted octanol–water partition coefficient (Wildman–Crippen LogP) is 2.92. The molecule has 0 saturated heterocycles. The lowest BCUT2D eigenvalue weighted by molar-refractivity contribution is -0.0682. The van der Waals surface area contributed by atoms with Gasteiger partial charge in [0.1, 0.15) is 0 Å². The van der Waals surface area contributed by atoms with Crippen LogP contribution >= 0.6 is 0 Å². The third kappa shape index (κ3) is 6.81. The van der Waals surface area contributed by atoms with E-state index in [0.717, 1.165) is 11.1 Å². The van der Waals surface area contributed by atoms with Crippen molar-refractivity contribution in [2.75, 3.05) is 13.2 Å². The van der Waals surface area contributed by atoms with Crippen LogP contribution in [-0.4, -0.2) is 35.6 Å². The second kappa shape index (κ2) is 10.9. The van der Waals surface area contributed by atoms with Gasteiger partial charge in [-0.2, -0.15) is 0 Å². The molecule has 4 heteroatoms. The Kier molecular flexibility index (Phi) is 8.49. The molecule has 0 radical (unpaired) electrons. The van der Waals surface area contributed by atoms with Crippen LogP contribution in [0.5, 0.6) is 0 Å². The fraction of sp³-hybridized carbons (Fsp3) is 0.400. The standard InChI is InChI=1S/C20H26O4/c21-13-11-19(22)20(24-16-18-9-5-2-6-10-18)12-14-23-15-17-7-3-1-4-8-17/h1-10,19-22H,11-16H2/t19-,20-/m1/s1. The molecule has 2 rings (SSSR count). The number of ether oxygens (including phenoxy) is 2. The van der Waals surface area contributed by atoms with E-state index in [9.17, 15) is 5.11 Å². The average molecular weight is 330 g/mol. The Morgan fingerprint density at radius 1 is 0.792 bits per heavy atom. The molecule has 2 atom stereocenters. The zero-order valence-electron chi connectivity index (χ0n) is 13.9. The highest BCUT2D eigenvalue weighted by Crippen LogP contribution is 2.13. The first-order valence-electron chi connectivity index (χ1n) is 8.35. The maximum atomic E-state index is 10.2. The van der Waals surface area contributed by atoms with Crippen LogP contribution in [-0.2, 0) is 22.7 Å². The number of aliphatic hydroxyl groups is 2. The molecule has 0 aliphatic heterocycles. The van der Waals surface area contributed by atoms with Crippen molar-refractivity contribution in [3.05, 3.63) is 71.8 Å². The summed E-state index contributed by atoms with van der Waals surface area (Å²) >= 11 is 0. The van der Waals surface area contributed by atoms with Crippen molar-refractivity contribution >= 4 is 0 Å². The molecule has 0 fully saturated rings. The molecule has 0 heterocycles. The van der Waals surface area contributed by atoms with Gasteiger partial charge in [0.05, 0.1) is 25.4 Å². The summed E-state index contributed by atoms with van der Waals surface area (Å²) < 4.78 is 11.5. The minimum Gasteiger partial charge on any atom is -0.396 e. The highest BCUT2D eigenvalue weighted by Gasteiger charge is 2.19. The lowest BCUT2D eigenvalue weighted by Gasteiger charge is -2.23. The number of hydrogen-bond acceptors (Lipinski definition) is 4. The summed E-state index contributed by atoms with van der Waals surface area (Å²) in [6, 6.07) is 19.8. The van der Waals surface area contributed by atoms with Crippen LogP contribution in [0, 0.1) is 0 Å². The Bertz CT molecular complexity index is 544. The summed E-state index contributed by atoms with van der Waals surface area (Å²) in [4.78, 5) is 0. The lowest BCUT2D eigenvalue weighted by Crippen LogP contribution is -2.31. The SMILES string of the molecule is OCC[C@@H](O)[C@@H](CCOCc1ccccc1)OCc1ccccc1. The molecule has 0 spiro atoms. The van der Waals surface area contributed by atoms with Crippen LogP contribution in [0.1, 0.15) is 24.0 Å². The van der Waals surface area contributed by atoms with Gasteiger partial charge < -0.3 is 19.7 Å². The van der Waals surface area contributed by atoms with Gasteiger partial charge in [-0.25, -0.2) is 0 Å². The first kappa shape index (κ1) is 18.6. The van der Waals surface area contributed by atoms with Crippen LogP contribution in [0.2, 0.25) is 0 Å². The molecule has 2 N–H and O–H groups in total. The molecule has 0 unspecified atom stereocenters. The van der Waals surface area contributed by atoms with E-state index >= 15 is 0 Å². The van der Waals surface area contributed by atoms with Gasteiger partial charge >= 0.3 is 0 Å². The van der Waals surface area contributed by atoms with Crippen molar-refractivity contribution in [1.29, 1.82) is 0 Å². The summed E-state index contributed by atoms with van der Waals surface area (Å²) in [5.74, 6) is 0. The smallest absolute Gasteiger partial charge is 0.0861 e. The predicted molar refractivity (Wildman–Crippen MR) is 93.4 cm³/mol. The Hall–Kier alpha value is -1.72. The summed E-state index contributed by atoms with van der Waals surface area (Å²) in [6.45, 7) is 1.42. The Morgan fingerprint density at radius 2 is 1.38 bits per heavy atom. The molecule has 24 heavy (non-hydrogen) atoms. The van der Waals surface area contributed by atoms with Crippen molar-refractivity contribution in [3.63, 3.8) is 0 Å². The van der Waals surface area contributed by atoms with Crippen LogP contribution < -0.4 is 0 Å². The highest BCUT2D eigenvalue weighted by molar-refractivity contribution is 5.14. The first-order valence-corrected chi connectivity index (χ1v) is 8.35. The minimum atomic E-state index is -0.695. The van der Waals surface area contributed by atoms with Crippen LogP contribution in [0.3, 0.4) is 0 Å². The normalized spacial score (nSPS) is 13.6. The van der Waals surface area contributed by atoms with Gasteiger partial charge in [-0.3, -0.25) is 0 Å². The van der Waals surface area contributed by atoms with E-state index in [-0.39, 0.29) is 12.7 Å². The second-order valence-electron chi connectivity index (χ2n) is 5.74. The molecule has 0 aliphatic carbocycles. The van der Waals surface area contributed by atoms with E-state index in [2.05, 4.69) is 0 Å². The number of benzene rings is 2. The van der Waals surface area contributed by atoms with Gasteiger partial charge in [0.25, 0.3) is 0 Å². The molecule has 0 aliphatic rings. The van der Waals surface area contributed by atoms with E-state index in [1.54, 1.807) is 0 Å². The Morgan fingerprint density at radius 3 is 1.96 bits per heavy atom. The fourth-order valence-corrected chi connectivity index (χ4v) is 2.45. The molecule has 4 nitrogen and oxygen atoms in total. The summed E-state index contributed by atoms with van der Waals surface area (Å²) in [6.07, 6.45) is -0.161. The zero-order chi connectivity index (χ0) is 17.0. The topological polar surface area (TPSA) is 58.9 Å². The fourth-order valence-electron chi connectivity index (χ4n) is 2.45. The van der Waals surface area contributed by atoms with E-state index in [0.29, 0.717) is 32.7 Å². The maximum absolute atomic E-state index is 10.2. The van der Waals surface area contributed by atoms with E-state index < -0.39 is 6.10 Å². The number of hydrogen-bond donors (Lipinski definition) is 2. The van der Waals surface area contributed by atoms with Crippen molar-refractivity contribution in [2.24, 2.45) is 0 Å². The Labute approximate surface area is 143 Å². The largest absolute Gasteiger partial charge is 0.396 e. The van der Waals surface area contributed by atoms with Gasteiger partial charge in [-0.15, -0.1) is 0 Å². The summed E-state index contributed by atoms with van der Waals surface area (Å²) in [7, 11) is 0. The van der Waals surface area contributed by atoms with Gasteiger partial charge in [0.15, 0.2) is 0 Å². The third-order valence-electron chi connectivity index (χ3n) is 3.82. The molecule has 0 bridgehead atoms. The third-order valence-corrected chi connectivity index (χ3v) is 3.82. The molecule has 130 valence electrons. The molecule has 2 aromatic carbocycles. The summed E-state index contributed by atoms with van der Waals surface area (Å²) in [5, 5.41) is 19.2. The van der Waals surface area contributed by atoms with Gasteiger partial charge in [-0.05, 0) is 24.0 Å². The van der Waals surface area contributed by atoms with E-state index in [4.69, 9.17) is 14.6 Å². The van der Waals surface area contributed by atoms with E-state index in [1.807, 2.05) is 60.7 Å². The number of aliphatic hydroxyl groups excluding tert-OH is 2.